The first kappa shape index (κ1) is 19.5. The number of nitrogens with zero attached hydrogens (tertiary/aromatic N) is 2. The molecule has 3 rings (SSSR count). The van der Waals surface area contributed by atoms with Crippen molar-refractivity contribution >= 4 is 5.91 Å². The van der Waals surface area contributed by atoms with Crippen LogP contribution in [0.3, 0.4) is 0 Å². The van der Waals surface area contributed by atoms with Crippen molar-refractivity contribution in [3.05, 3.63) is 65.9 Å². The number of hydrogen-bond acceptors (Lipinski definition) is 3. The molecular weight excluding hydrogens is 371 g/mol. The second-order valence-electron chi connectivity index (χ2n) is 6.13. The first-order valence-corrected chi connectivity index (χ1v) is 8.43. The number of halogens is 3. The average molecular weight is 389 g/mol. The Morgan fingerprint density at radius 3 is 2.29 bits per heavy atom. The predicted molar refractivity (Wildman–Crippen MR) is 98.1 cm³/mol. The molecule has 1 N–H and O–H groups in total. The number of ether oxygens (including phenoxy) is 1. The zero-order valence-corrected chi connectivity index (χ0v) is 15.2. The van der Waals surface area contributed by atoms with Gasteiger partial charge < -0.3 is 10.1 Å². The van der Waals surface area contributed by atoms with E-state index in [4.69, 9.17) is 4.74 Å². The van der Waals surface area contributed by atoms with Crippen LogP contribution in [0.4, 0.5) is 13.2 Å². The van der Waals surface area contributed by atoms with Gasteiger partial charge in [0.15, 0.2) is 5.69 Å². The van der Waals surface area contributed by atoms with E-state index in [2.05, 4.69) is 10.4 Å². The van der Waals surface area contributed by atoms with E-state index in [1.165, 1.54) is 18.7 Å². The smallest absolute Gasteiger partial charge is 0.435 e. The summed E-state index contributed by atoms with van der Waals surface area (Å²) in [5.41, 5.74) is 1.23. The minimum Gasteiger partial charge on any atom is -0.497 e. The standard InChI is InChI=1S/C20H18F3N3O2/c1-13(27)24-12-14-3-5-15(6-4-14)18-11-19(20(21,22)23)25-26(18)16-7-9-17(28-2)10-8-16/h3-11H,12H2,1-2H3,(H,24,27). The van der Waals surface area contributed by atoms with Crippen LogP contribution in [-0.4, -0.2) is 22.8 Å². The Morgan fingerprint density at radius 1 is 1.11 bits per heavy atom. The summed E-state index contributed by atoms with van der Waals surface area (Å²) in [5, 5.41) is 6.44. The van der Waals surface area contributed by atoms with Gasteiger partial charge in [0.05, 0.1) is 18.5 Å². The lowest BCUT2D eigenvalue weighted by atomic mass is 10.1. The van der Waals surface area contributed by atoms with Gasteiger partial charge in [0.1, 0.15) is 5.75 Å². The summed E-state index contributed by atoms with van der Waals surface area (Å²) < 4.78 is 46.1. The highest BCUT2D eigenvalue weighted by molar-refractivity contribution is 5.72. The summed E-state index contributed by atoms with van der Waals surface area (Å²) in [7, 11) is 1.51. The molecule has 0 aliphatic rings. The minimum absolute atomic E-state index is 0.156. The fourth-order valence-electron chi connectivity index (χ4n) is 2.67. The van der Waals surface area contributed by atoms with Crippen molar-refractivity contribution in [3.8, 4) is 22.7 Å². The molecule has 0 saturated carbocycles. The zero-order chi connectivity index (χ0) is 20.3. The largest absolute Gasteiger partial charge is 0.497 e. The minimum atomic E-state index is -4.56. The second kappa shape index (κ2) is 7.75. The summed E-state index contributed by atoms with van der Waals surface area (Å²) in [4.78, 5) is 11.0. The van der Waals surface area contributed by atoms with E-state index >= 15 is 0 Å². The van der Waals surface area contributed by atoms with Crippen molar-refractivity contribution in [2.45, 2.75) is 19.6 Å². The topological polar surface area (TPSA) is 56.1 Å². The third kappa shape index (κ3) is 4.33. The normalized spacial score (nSPS) is 11.3. The number of benzene rings is 2. The van der Waals surface area contributed by atoms with Crippen LogP contribution in [-0.2, 0) is 17.5 Å². The summed E-state index contributed by atoms with van der Waals surface area (Å²) >= 11 is 0. The van der Waals surface area contributed by atoms with E-state index in [0.29, 0.717) is 29.2 Å². The maximum Gasteiger partial charge on any atom is 0.435 e. The van der Waals surface area contributed by atoms with Gasteiger partial charge >= 0.3 is 6.18 Å². The Balaban J connectivity index is 2.01. The van der Waals surface area contributed by atoms with Crippen LogP contribution < -0.4 is 10.1 Å². The molecule has 0 atom stereocenters. The van der Waals surface area contributed by atoms with Gasteiger partial charge in [0.2, 0.25) is 5.91 Å². The molecule has 0 radical (unpaired) electrons. The van der Waals surface area contributed by atoms with Crippen LogP contribution in [0.5, 0.6) is 5.75 Å². The van der Waals surface area contributed by atoms with Crippen LogP contribution in [0, 0.1) is 0 Å². The first-order valence-electron chi connectivity index (χ1n) is 8.43. The molecule has 0 spiro atoms. The number of alkyl halides is 3. The molecule has 2 aromatic carbocycles. The highest BCUT2D eigenvalue weighted by Crippen LogP contribution is 2.33. The number of carbonyl (C=O) groups excluding carboxylic acids is 1. The molecule has 5 nitrogen and oxygen atoms in total. The Labute approximate surface area is 159 Å². The molecule has 0 aliphatic carbocycles. The van der Waals surface area contributed by atoms with Crippen molar-refractivity contribution < 1.29 is 22.7 Å². The van der Waals surface area contributed by atoms with Gasteiger partial charge in [-0.15, -0.1) is 0 Å². The number of carbonyl (C=O) groups is 1. The van der Waals surface area contributed by atoms with Gasteiger partial charge in [-0.05, 0) is 35.9 Å². The van der Waals surface area contributed by atoms with Crippen LogP contribution in [0.1, 0.15) is 18.2 Å². The summed E-state index contributed by atoms with van der Waals surface area (Å²) in [6.07, 6.45) is -4.56. The van der Waals surface area contributed by atoms with Crippen molar-refractivity contribution in [1.82, 2.24) is 15.1 Å². The highest BCUT2D eigenvalue weighted by Gasteiger charge is 2.35. The van der Waals surface area contributed by atoms with Crippen molar-refractivity contribution in [3.63, 3.8) is 0 Å². The van der Waals surface area contributed by atoms with Gasteiger partial charge in [-0.1, -0.05) is 24.3 Å². The van der Waals surface area contributed by atoms with E-state index in [1.807, 2.05) is 0 Å². The molecule has 28 heavy (non-hydrogen) atoms. The number of aromatic nitrogens is 2. The van der Waals surface area contributed by atoms with Crippen molar-refractivity contribution in [2.24, 2.45) is 0 Å². The molecule has 0 aliphatic heterocycles. The van der Waals surface area contributed by atoms with Gasteiger partial charge in [-0.2, -0.15) is 18.3 Å². The van der Waals surface area contributed by atoms with E-state index < -0.39 is 11.9 Å². The van der Waals surface area contributed by atoms with E-state index in [9.17, 15) is 18.0 Å². The SMILES string of the molecule is COc1ccc(-n2nc(C(F)(F)F)cc2-c2ccc(CNC(C)=O)cc2)cc1. The molecule has 1 heterocycles. The lowest BCUT2D eigenvalue weighted by Crippen LogP contribution is -2.18. The predicted octanol–water partition coefficient (Wildman–Crippen LogP) is 4.20. The third-order valence-electron chi connectivity index (χ3n) is 4.11. The highest BCUT2D eigenvalue weighted by atomic mass is 19.4. The molecular formula is C20H18F3N3O2. The monoisotopic (exact) mass is 389 g/mol. The van der Waals surface area contributed by atoms with Gasteiger partial charge in [0, 0.05) is 19.0 Å². The lowest BCUT2D eigenvalue weighted by Gasteiger charge is -2.09. The lowest BCUT2D eigenvalue weighted by molar-refractivity contribution is -0.141. The zero-order valence-electron chi connectivity index (χ0n) is 15.2. The van der Waals surface area contributed by atoms with Gasteiger partial charge in [-0.25, -0.2) is 4.68 Å². The second-order valence-corrected chi connectivity index (χ2v) is 6.13. The Morgan fingerprint density at radius 2 is 1.75 bits per heavy atom. The Kier molecular flexibility index (Phi) is 5.39. The molecule has 146 valence electrons. The van der Waals surface area contributed by atoms with E-state index in [0.717, 1.165) is 11.6 Å². The number of methoxy groups -OCH3 is 1. The van der Waals surface area contributed by atoms with Crippen molar-refractivity contribution in [1.29, 1.82) is 0 Å². The molecule has 1 amide bonds. The first-order chi connectivity index (χ1) is 13.3. The summed E-state index contributed by atoms with van der Waals surface area (Å²) in [5.74, 6) is 0.437. The maximum absolute atomic E-state index is 13.2. The average Bonchev–Trinajstić information content (AvgIpc) is 3.13. The molecule has 0 saturated heterocycles. The maximum atomic E-state index is 13.2. The summed E-state index contributed by atoms with van der Waals surface area (Å²) in [6.45, 7) is 1.77. The number of amides is 1. The Bertz CT molecular complexity index is 962. The number of nitrogens with one attached hydrogen (secondary N) is 1. The third-order valence-corrected chi connectivity index (χ3v) is 4.11. The number of rotatable bonds is 5. The van der Waals surface area contributed by atoms with E-state index in [-0.39, 0.29) is 5.91 Å². The molecule has 0 fully saturated rings. The Hall–Kier alpha value is -3.29. The molecule has 0 unspecified atom stereocenters. The van der Waals surface area contributed by atoms with Crippen LogP contribution >= 0.6 is 0 Å². The number of hydrogen-bond donors (Lipinski definition) is 1. The van der Waals surface area contributed by atoms with E-state index in [1.54, 1.807) is 48.5 Å². The van der Waals surface area contributed by atoms with Gasteiger partial charge in [-0.3, -0.25) is 4.79 Å². The summed E-state index contributed by atoms with van der Waals surface area (Å²) in [6, 6.07) is 14.5. The molecule has 8 heteroatoms. The fourth-order valence-corrected chi connectivity index (χ4v) is 2.67. The molecule has 3 aromatic rings. The van der Waals surface area contributed by atoms with Gasteiger partial charge in [0.25, 0.3) is 0 Å². The van der Waals surface area contributed by atoms with Crippen molar-refractivity contribution in [2.75, 3.05) is 7.11 Å². The molecule has 0 bridgehead atoms. The quantitative estimate of drug-likeness (QED) is 0.712. The van der Waals surface area contributed by atoms with Crippen LogP contribution in [0.15, 0.2) is 54.6 Å². The molecule has 1 aromatic heterocycles. The van der Waals surface area contributed by atoms with Crippen LogP contribution in [0.2, 0.25) is 0 Å². The van der Waals surface area contributed by atoms with Crippen LogP contribution in [0.25, 0.3) is 16.9 Å². The fraction of sp³-hybridized carbons (Fsp3) is 0.200.